The molecular weight excluding hydrogens is 573 g/mol. The number of aryl methyl sites for hydroxylation is 1. The van der Waals surface area contributed by atoms with E-state index in [1.54, 1.807) is 29.2 Å². The minimum Gasteiger partial charge on any atom is -0.481 e. The Labute approximate surface area is 254 Å². The minimum absolute atomic E-state index is 0.162. The van der Waals surface area contributed by atoms with Gasteiger partial charge in [-0.15, -0.1) is 0 Å². The molecule has 5 rings (SSSR count). The molecule has 0 bridgehead atoms. The summed E-state index contributed by atoms with van der Waals surface area (Å²) in [6.07, 6.45) is -2.44. The Kier molecular flexibility index (Phi) is 9.73. The van der Waals surface area contributed by atoms with Crippen LogP contribution in [0.5, 0.6) is 0 Å². The summed E-state index contributed by atoms with van der Waals surface area (Å²) in [5.41, 5.74) is 4.44. The van der Waals surface area contributed by atoms with E-state index >= 15 is 0 Å². The molecule has 2 fully saturated rings. The topological polar surface area (TPSA) is 95.0 Å². The standard InChI is InChI=1S/C33H37F3N4O4/c1-22-19-24(25-7-11-30(37-20-25)39-15-17-44-18-16-39)6-10-28(22)29(12-13-33(34,35)36)38-27-8-4-23(5-9-27)31(41)40-14-2-3-26(21-40)32(42)43/h4-11,19-20,26,29,38H,2-3,12-18,21H2,1H3,(H,42,43)/t26-,29?/m1/s1. The van der Waals surface area contributed by atoms with Gasteiger partial charge in [0.05, 0.1) is 25.2 Å². The highest BCUT2D eigenvalue weighted by atomic mass is 19.4. The normalized spacial score (nSPS) is 18.1. The Hall–Kier alpha value is -4.12. The first-order valence-electron chi connectivity index (χ1n) is 14.9. The Bertz CT molecular complexity index is 1440. The summed E-state index contributed by atoms with van der Waals surface area (Å²) in [6, 6.07) is 15.7. The van der Waals surface area contributed by atoms with Crippen molar-refractivity contribution in [1.29, 1.82) is 0 Å². The van der Waals surface area contributed by atoms with Crippen molar-refractivity contribution in [2.75, 3.05) is 49.6 Å². The quantitative estimate of drug-likeness (QED) is 0.293. The maximum absolute atomic E-state index is 13.3. The molecule has 2 aliphatic heterocycles. The number of carbonyl (C=O) groups excluding carboxylic acids is 1. The first kappa shape index (κ1) is 31.3. The summed E-state index contributed by atoms with van der Waals surface area (Å²) in [7, 11) is 0. The second-order valence-electron chi connectivity index (χ2n) is 11.4. The predicted molar refractivity (Wildman–Crippen MR) is 162 cm³/mol. The van der Waals surface area contributed by atoms with Crippen LogP contribution in [0.2, 0.25) is 0 Å². The molecule has 2 saturated heterocycles. The van der Waals surface area contributed by atoms with Gasteiger partial charge in [0.25, 0.3) is 5.91 Å². The van der Waals surface area contributed by atoms with Crippen LogP contribution in [0.15, 0.2) is 60.8 Å². The maximum Gasteiger partial charge on any atom is 0.389 e. The molecule has 11 heteroatoms. The third-order valence-corrected chi connectivity index (χ3v) is 8.31. The number of likely N-dealkylation sites (tertiary alicyclic amines) is 1. The Morgan fingerprint density at radius 1 is 1.05 bits per heavy atom. The monoisotopic (exact) mass is 610 g/mol. The molecular formula is C33H37F3N4O4. The number of piperidine rings is 1. The molecule has 3 aromatic rings. The molecule has 234 valence electrons. The number of morpholine rings is 1. The average molecular weight is 611 g/mol. The van der Waals surface area contributed by atoms with E-state index < -0.39 is 30.5 Å². The van der Waals surface area contributed by atoms with E-state index in [0.717, 1.165) is 41.2 Å². The number of ether oxygens (including phenoxy) is 1. The van der Waals surface area contributed by atoms with Crippen LogP contribution in [0.1, 0.15) is 53.2 Å². The van der Waals surface area contributed by atoms with Crippen LogP contribution < -0.4 is 10.2 Å². The summed E-state index contributed by atoms with van der Waals surface area (Å²) < 4.78 is 45.3. The minimum atomic E-state index is -4.31. The summed E-state index contributed by atoms with van der Waals surface area (Å²) in [5.74, 6) is -0.859. The maximum atomic E-state index is 13.3. The van der Waals surface area contributed by atoms with Crippen LogP contribution in [-0.2, 0) is 9.53 Å². The highest BCUT2D eigenvalue weighted by molar-refractivity contribution is 5.95. The van der Waals surface area contributed by atoms with E-state index in [1.165, 1.54) is 0 Å². The van der Waals surface area contributed by atoms with Crippen LogP contribution in [0, 0.1) is 12.8 Å². The van der Waals surface area contributed by atoms with Crippen LogP contribution >= 0.6 is 0 Å². The number of carboxylic acids is 1. The second kappa shape index (κ2) is 13.7. The lowest BCUT2D eigenvalue weighted by molar-refractivity contribution is -0.143. The molecule has 1 amide bonds. The Balaban J connectivity index is 1.30. The number of aliphatic carboxylic acids is 1. The SMILES string of the molecule is Cc1cc(-c2ccc(N3CCOCC3)nc2)ccc1C(CCC(F)(F)F)Nc1ccc(C(=O)N2CCC[C@@H](C(=O)O)C2)cc1. The van der Waals surface area contributed by atoms with Gasteiger partial charge in [0, 0.05) is 55.6 Å². The van der Waals surface area contributed by atoms with E-state index in [1.807, 2.05) is 43.5 Å². The third kappa shape index (κ3) is 7.88. The lowest BCUT2D eigenvalue weighted by Crippen LogP contribution is -2.42. The van der Waals surface area contributed by atoms with E-state index in [0.29, 0.717) is 43.9 Å². The first-order chi connectivity index (χ1) is 21.1. The number of nitrogens with one attached hydrogen (secondary N) is 1. The van der Waals surface area contributed by atoms with Crippen molar-refractivity contribution in [1.82, 2.24) is 9.88 Å². The number of halogens is 3. The van der Waals surface area contributed by atoms with Gasteiger partial charge in [0.2, 0.25) is 0 Å². The zero-order chi connectivity index (χ0) is 31.3. The second-order valence-corrected chi connectivity index (χ2v) is 11.4. The molecule has 8 nitrogen and oxygen atoms in total. The largest absolute Gasteiger partial charge is 0.481 e. The van der Waals surface area contributed by atoms with Crippen molar-refractivity contribution in [3.63, 3.8) is 0 Å². The number of nitrogens with zero attached hydrogens (tertiary/aromatic N) is 3. The van der Waals surface area contributed by atoms with Crippen molar-refractivity contribution < 1.29 is 32.6 Å². The molecule has 0 saturated carbocycles. The average Bonchev–Trinajstić information content (AvgIpc) is 3.03. The molecule has 0 spiro atoms. The van der Waals surface area contributed by atoms with Crippen LogP contribution in [0.3, 0.4) is 0 Å². The number of rotatable bonds is 9. The van der Waals surface area contributed by atoms with Gasteiger partial charge in [-0.1, -0.05) is 18.2 Å². The first-order valence-corrected chi connectivity index (χ1v) is 14.9. The fourth-order valence-electron chi connectivity index (χ4n) is 5.85. The smallest absolute Gasteiger partial charge is 0.389 e. The number of amides is 1. The molecule has 2 atom stereocenters. The van der Waals surface area contributed by atoms with Gasteiger partial charge >= 0.3 is 12.1 Å². The predicted octanol–water partition coefficient (Wildman–Crippen LogP) is 6.33. The van der Waals surface area contributed by atoms with Gasteiger partial charge < -0.3 is 25.0 Å². The van der Waals surface area contributed by atoms with Gasteiger partial charge in [0.1, 0.15) is 5.82 Å². The van der Waals surface area contributed by atoms with E-state index in [4.69, 9.17) is 4.74 Å². The number of anilines is 2. The van der Waals surface area contributed by atoms with Crippen LogP contribution in [0.25, 0.3) is 11.1 Å². The number of carbonyl (C=O) groups is 2. The lowest BCUT2D eigenvalue weighted by Gasteiger charge is -2.30. The summed E-state index contributed by atoms with van der Waals surface area (Å²) in [5, 5.41) is 12.6. The number of carboxylic acid groups (broad SMARTS) is 1. The molecule has 2 aliphatic rings. The zero-order valence-electron chi connectivity index (χ0n) is 24.6. The summed E-state index contributed by atoms with van der Waals surface area (Å²) in [4.78, 5) is 32.7. The van der Waals surface area contributed by atoms with Gasteiger partial charge in [-0.05, 0) is 79.3 Å². The summed E-state index contributed by atoms with van der Waals surface area (Å²) >= 11 is 0. The van der Waals surface area contributed by atoms with Crippen molar-refractivity contribution in [3.05, 3.63) is 77.5 Å². The van der Waals surface area contributed by atoms with Crippen LogP contribution in [-0.4, -0.2) is 72.4 Å². The van der Waals surface area contributed by atoms with Crippen LogP contribution in [0.4, 0.5) is 24.7 Å². The van der Waals surface area contributed by atoms with Crippen molar-refractivity contribution >= 4 is 23.4 Å². The van der Waals surface area contributed by atoms with Gasteiger partial charge in [-0.3, -0.25) is 9.59 Å². The lowest BCUT2D eigenvalue weighted by atomic mass is 9.93. The van der Waals surface area contributed by atoms with Crippen molar-refractivity contribution in [3.8, 4) is 11.1 Å². The highest BCUT2D eigenvalue weighted by Gasteiger charge is 2.30. The number of aromatic nitrogens is 1. The van der Waals surface area contributed by atoms with Crippen molar-refractivity contribution in [2.45, 2.75) is 44.8 Å². The highest BCUT2D eigenvalue weighted by Crippen LogP contribution is 2.34. The molecule has 44 heavy (non-hydrogen) atoms. The number of alkyl halides is 3. The molecule has 0 radical (unpaired) electrons. The number of benzene rings is 2. The summed E-state index contributed by atoms with van der Waals surface area (Å²) in [6.45, 7) is 5.46. The molecule has 1 unspecified atom stereocenters. The fourth-order valence-corrected chi connectivity index (χ4v) is 5.85. The number of hydrogen-bond acceptors (Lipinski definition) is 6. The zero-order valence-corrected chi connectivity index (χ0v) is 24.6. The van der Waals surface area contributed by atoms with E-state index in [-0.39, 0.29) is 18.9 Å². The molecule has 2 N–H and O–H groups in total. The van der Waals surface area contributed by atoms with Gasteiger partial charge in [-0.25, -0.2) is 4.98 Å². The van der Waals surface area contributed by atoms with Gasteiger partial charge in [0.15, 0.2) is 0 Å². The Morgan fingerprint density at radius 3 is 2.41 bits per heavy atom. The molecule has 0 aliphatic carbocycles. The number of pyridine rings is 1. The van der Waals surface area contributed by atoms with Gasteiger partial charge in [-0.2, -0.15) is 13.2 Å². The third-order valence-electron chi connectivity index (χ3n) is 8.31. The molecule has 2 aromatic carbocycles. The number of hydrogen-bond donors (Lipinski definition) is 2. The van der Waals surface area contributed by atoms with Crippen molar-refractivity contribution in [2.24, 2.45) is 5.92 Å². The fraction of sp³-hybridized carbons (Fsp3) is 0.424. The molecule has 3 heterocycles. The van der Waals surface area contributed by atoms with E-state index in [2.05, 4.69) is 15.2 Å². The molecule has 1 aromatic heterocycles. The van der Waals surface area contributed by atoms with E-state index in [9.17, 15) is 27.9 Å². The Morgan fingerprint density at radius 2 is 1.77 bits per heavy atom.